The molecule has 1 aliphatic rings. The van der Waals surface area contributed by atoms with Gasteiger partial charge in [0.15, 0.2) is 0 Å². The van der Waals surface area contributed by atoms with Gasteiger partial charge < -0.3 is 19.7 Å². The highest BCUT2D eigenvalue weighted by atomic mass is 16.5. The smallest absolute Gasteiger partial charge is 0.253 e. The van der Waals surface area contributed by atoms with E-state index in [0.717, 1.165) is 48.4 Å². The fourth-order valence-electron chi connectivity index (χ4n) is 5.17. The minimum absolute atomic E-state index is 0.00579. The van der Waals surface area contributed by atoms with Crippen LogP contribution in [0.3, 0.4) is 0 Å². The van der Waals surface area contributed by atoms with Gasteiger partial charge >= 0.3 is 0 Å². The zero-order chi connectivity index (χ0) is 27.5. The molecule has 9 nitrogen and oxygen atoms in total. The summed E-state index contributed by atoms with van der Waals surface area (Å²) in [6.07, 6.45) is 4.40. The Kier molecular flexibility index (Phi) is 7.11. The number of methoxy groups -OCH3 is 1. The van der Waals surface area contributed by atoms with Crippen LogP contribution in [0.1, 0.15) is 22.5 Å². The number of hydrogen-bond donors (Lipinski definition) is 2. The second kappa shape index (κ2) is 11.2. The maximum Gasteiger partial charge on any atom is 0.253 e. The minimum atomic E-state index is 0.00579. The molecule has 5 aromatic rings. The third kappa shape index (κ3) is 5.23. The van der Waals surface area contributed by atoms with Crippen LogP contribution in [0.2, 0.25) is 0 Å². The number of amides is 1. The van der Waals surface area contributed by atoms with Crippen LogP contribution in [0.25, 0.3) is 33.5 Å². The van der Waals surface area contributed by atoms with E-state index in [1.54, 1.807) is 19.4 Å². The first-order valence-electron chi connectivity index (χ1n) is 13.3. The average molecular weight is 535 g/mol. The monoisotopic (exact) mass is 534 g/mol. The standard InChI is InChI=1S/C31H30N6O3/c1-40-30-24(7-4-13-33-30)21-9-11-28(38)25(18-21)29-34-26-10-8-22(19-27(26)35-29)31(39)37-15-5-14-36(16-17-37)20-23-6-2-3-12-32-23/h2-4,6-13,18-19,38H,5,14-17,20H2,1H3,(H,34,35). The van der Waals surface area contributed by atoms with Gasteiger partial charge in [0.1, 0.15) is 11.6 Å². The number of imidazole rings is 1. The molecule has 2 aromatic carbocycles. The van der Waals surface area contributed by atoms with Crippen LogP contribution in [-0.4, -0.2) is 74.0 Å². The minimum Gasteiger partial charge on any atom is -0.507 e. The molecule has 0 saturated carbocycles. The van der Waals surface area contributed by atoms with Gasteiger partial charge in [0.25, 0.3) is 5.91 Å². The Morgan fingerprint density at radius 1 is 0.950 bits per heavy atom. The van der Waals surface area contributed by atoms with E-state index in [2.05, 4.69) is 19.9 Å². The van der Waals surface area contributed by atoms with Crippen molar-refractivity contribution in [2.75, 3.05) is 33.3 Å². The number of carbonyl (C=O) groups excluding carboxylic acids is 1. The zero-order valence-electron chi connectivity index (χ0n) is 22.2. The van der Waals surface area contributed by atoms with Crippen LogP contribution in [0, 0.1) is 0 Å². The number of aromatic amines is 1. The summed E-state index contributed by atoms with van der Waals surface area (Å²) in [5.41, 5.74) is 5.30. The maximum absolute atomic E-state index is 13.5. The number of rotatable bonds is 6. The van der Waals surface area contributed by atoms with E-state index in [-0.39, 0.29) is 11.7 Å². The zero-order valence-corrected chi connectivity index (χ0v) is 22.2. The Hall–Kier alpha value is -4.76. The molecule has 0 spiro atoms. The van der Waals surface area contributed by atoms with Crippen molar-refractivity contribution in [2.24, 2.45) is 0 Å². The fraction of sp³-hybridized carbons (Fsp3) is 0.226. The van der Waals surface area contributed by atoms with Gasteiger partial charge in [-0.2, -0.15) is 0 Å². The Morgan fingerprint density at radius 3 is 2.70 bits per heavy atom. The number of pyridine rings is 2. The molecule has 3 aromatic heterocycles. The molecule has 6 rings (SSSR count). The highest BCUT2D eigenvalue weighted by Crippen LogP contribution is 2.35. The van der Waals surface area contributed by atoms with Gasteiger partial charge in [-0.05, 0) is 66.6 Å². The molecule has 0 aliphatic carbocycles. The predicted octanol–water partition coefficient (Wildman–Crippen LogP) is 4.75. The summed E-state index contributed by atoms with van der Waals surface area (Å²) in [4.78, 5) is 34.4. The van der Waals surface area contributed by atoms with Crippen LogP contribution in [0.15, 0.2) is 79.1 Å². The molecule has 40 heavy (non-hydrogen) atoms. The molecule has 0 atom stereocenters. The summed E-state index contributed by atoms with van der Waals surface area (Å²) in [5, 5.41) is 10.7. The summed E-state index contributed by atoms with van der Waals surface area (Å²) in [7, 11) is 1.58. The molecule has 1 fully saturated rings. The molecule has 1 amide bonds. The van der Waals surface area contributed by atoms with E-state index in [0.29, 0.717) is 41.4 Å². The number of fused-ring (bicyclic) bond motifs is 1. The van der Waals surface area contributed by atoms with Crippen molar-refractivity contribution in [3.63, 3.8) is 0 Å². The summed E-state index contributed by atoms with van der Waals surface area (Å²) in [6, 6.07) is 20.5. The Bertz CT molecular complexity index is 1650. The molecule has 4 heterocycles. The second-order valence-electron chi connectivity index (χ2n) is 9.85. The lowest BCUT2D eigenvalue weighted by Gasteiger charge is -2.22. The fourth-order valence-corrected chi connectivity index (χ4v) is 5.17. The first kappa shape index (κ1) is 25.5. The van der Waals surface area contributed by atoms with Gasteiger partial charge in [-0.3, -0.25) is 14.7 Å². The highest BCUT2D eigenvalue weighted by molar-refractivity contribution is 5.98. The summed E-state index contributed by atoms with van der Waals surface area (Å²) < 4.78 is 5.41. The number of aromatic nitrogens is 4. The Labute approximate surface area is 232 Å². The summed E-state index contributed by atoms with van der Waals surface area (Å²) in [6.45, 7) is 3.89. The number of ether oxygens (including phenoxy) is 1. The number of phenolic OH excluding ortho intramolecular Hbond substituents is 1. The Balaban J connectivity index is 1.21. The number of hydrogen-bond acceptors (Lipinski definition) is 7. The number of benzene rings is 2. The van der Waals surface area contributed by atoms with Gasteiger partial charge in [-0.15, -0.1) is 0 Å². The molecule has 0 bridgehead atoms. The van der Waals surface area contributed by atoms with Crippen molar-refractivity contribution in [3.8, 4) is 34.1 Å². The van der Waals surface area contributed by atoms with Crippen LogP contribution in [0.4, 0.5) is 0 Å². The predicted molar refractivity (Wildman–Crippen MR) is 153 cm³/mol. The van der Waals surface area contributed by atoms with E-state index >= 15 is 0 Å². The largest absolute Gasteiger partial charge is 0.507 e. The van der Waals surface area contributed by atoms with Crippen molar-refractivity contribution in [3.05, 3.63) is 90.4 Å². The molecule has 1 saturated heterocycles. The third-order valence-corrected chi connectivity index (χ3v) is 7.24. The molecular weight excluding hydrogens is 504 g/mol. The van der Waals surface area contributed by atoms with E-state index in [4.69, 9.17) is 9.72 Å². The first-order valence-corrected chi connectivity index (χ1v) is 13.3. The number of H-pyrrole nitrogens is 1. The number of nitrogens with one attached hydrogen (secondary N) is 1. The lowest BCUT2D eigenvalue weighted by Crippen LogP contribution is -2.35. The number of phenols is 1. The third-order valence-electron chi connectivity index (χ3n) is 7.24. The molecule has 202 valence electrons. The van der Waals surface area contributed by atoms with Crippen LogP contribution in [0.5, 0.6) is 11.6 Å². The highest BCUT2D eigenvalue weighted by Gasteiger charge is 2.22. The topological polar surface area (TPSA) is 107 Å². The van der Waals surface area contributed by atoms with Gasteiger partial charge in [-0.1, -0.05) is 12.1 Å². The maximum atomic E-state index is 13.5. The molecular formula is C31H30N6O3. The van der Waals surface area contributed by atoms with Crippen molar-refractivity contribution < 1.29 is 14.6 Å². The molecule has 0 unspecified atom stereocenters. The van der Waals surface area contributed by atoms with Crippen LogP contribution >= 0.6 is 0 Å². The molecule has 1 aliphatic heterocycles. The van der Waals surface area contributed by atoms with Crippen molar-refractivity contribution in [2.45, 2.75) is 13.0 Å². The lowest BCUT2D eigenvalue weighted by molar-refractivity contribution is 0.0761. The molecule has 0 radical (unpaired) electrons. The number of aromatic hydroxyl groups is 1. The quantitative estimate of drug-likeness (QED) is 0.324. The van der Waals surface area contributed by atoms with E-state index in [1.165, 1.54) is 0 Å². The summed E-state index contributed by atoms with van der Waals surface area (Å²) in [5.74, 6) is 1.12. The van der Waals surface area contributed by atoms with Crippen LogP contribution in [-0.2, 0) is 6.54 Å². The van der Waals surface area contributed by atoms with Gasteiger partial charge in [0.05, 0.1) is 29.4 Å². The van der Waals surface area contributed by atoms with Gasteiger partial charge in [0.2, 0.25) is 5.88 Å². The van der Waals surface area contributed by atoms with Gasteiger partial charge in [-0.25, -0.2) is 9.97 Å². The van der Waals surface area contributed by atoms with Crippen LogP contribution < -0.4 is 4.74 Å². The molecule has 9 heteroatoms. The van der Waals surface area contributed by atoms with Crippen molar-refractivity contribution >= 4 is 16.9 Å². The lowest BCUT2D eigenvalue weighted by atomic mass is 10.0. The van der Waals surface area contributed by atoms with E-state index in [9.17, 15) is 9.90 Å². The van der Waals surface area contributed by atoms with E-state index in [1.807, 2.05) is 71.8 Å². The second-order valence-corrected chi connectivity index (χ2v) is 9.85. The van der Waals surface area contributed by atoms with Crippen molar-refractivity contribution in [1.29, 1.82) is 0 Å². The number of carbonyl (C=O) groups is 1. The van der Waals surface area contributed by atoms with Crippen molar-refractivity contribution in [1.82, 2.24) is 29.7 Å². The average Bonchev–Trinajstić information content (AvgIpc) is 3.28. The SMILES string of the molecule is COc1ncccc1-c1ccc(O)c(-c2nc3ccc(C(=O)N4CCCN(Cc5ccccn5)CC4)cc3[nH]2)c1. The van der Waals surface area contributed by atoms with E-state index < -0.39 is 0 Å². The molecule has 2 N–H and O–H groups in total. The first-order chi connectivity index (χ1) is 19.6. The summed E-state index contributed by atoms with van der Waals surface area (Å²) >= 11 is 0. The van der Waals surface area contributed by atoms with Gasteiger partial charge in [0, 0.05) is 56.2 Å². The number of nitrogens with zero attached hydrogens (tertiary/aromatic N) is 5. The normalized spacial score (nSPS) is 14.3. The Morgan fingerprint density at radius 2 is 1.85 bits per heavy atom.